The number of hydrogen-bond donors (Lipinski definition) is 2. The summed E-state index contributed by atoms with van der Waals surface area (Å²) in [5.74, 6) is 0. The maximum Gasteiger partial charge on any atom is 0.500 e. The Balaban J connectivity index is 4.18. The molecule has 0 aliphatic rings. The molecule has 0 saturated carbocycles. The van der Waals surface area contributed by atoms with E-state index in [9.17, 15) is 0 Å². The van der Waals surface area contributed by atoms with E-state index in [0.717, 1.165) is 19.0 Å². The Hall–Kier alpha value is 0.337. The number of thiocarbonyl (C=S) groups is 1. The van der Waals surface area contributed by atoms with Gasteiger partial charge in [0.2, 0.25) is 0 Å². The van der Waals surface area contributed by atoms with Gasteiger partial charge in [-0.1, -0.05) is 12.2 Å². The van der Waals surface area contributed by atoms with Crippen LogP contribution in [-0.2, 0) is 13.3 Å². The number of nitrogens with one attached hydrogen (secondary N) is 1. The lowest BCUT2D eigenvalue weighted by Crippen LogP contribution is -2.46. The smallest absolute Gasteiger partial charge is 0.374 e. The Morgan fingerprint density at radius 1 is 1.12 bits per heavy atom. The monoisotopic (exact) mass is 297 g/mol. The molecule has 0 atom stereocenters. The van der Waals surface area contributed by atoms with Gasteiger partial charge in [-0.05, 0) is 27.2 Å². The zero-order chi connectivity index (χ0) is 13.1. The number of hydrogen-bond acceptors (Lipinski definition) is 4. The lowest BCUT2D eigenvalue weighted by molar-refractivity contribution is 0.0709. The molecule has 0 spiro atoms. The fraction of sp³-hybridized carbons (Fsp3) is 0.900. The average molecular weight is 298 g/mol. The molecular weight excluding hydrogens is 274 g/mol. The zero-order valence-corrected chi connectivity index (χ0v) is 13.5. The highest BCUT2D eigenvalue weighted by Gasteiger charge is 2.39. The zero-order valence-electron chi connectivity index (χ0n) is 10.8. The Morgan fingerprint density at radius 3 is 1.94 bits per heavy atom. The molecule has 0 saturated heterocycles. The summed E-state index contributed by atoms with van der Waals surface area (Å²) in [4.78, 5) is 0. The second kappa shape index (κ2) is 10.3. The minimum absolute atomic E-state index is 0.515. The second-order valence-corrected chi connectivity index (χ2v) is 7.21. The van der Waals surface area contributed by atoms with Gasteiger partial charge in [0.1, 0.15) is 4.32 Å². The molecule has 4 nitrogen and oxygen atoms in total. The first kappa shape index (κ1) is 17.3. The van der Waals surface area contributed by atoms with Gasteiger partial charge in [-0.25, -0.2) is 0 Å². The van der Waals surface area contributed by atoms with E-state index in [1.165, 1.54) is 0 Å². The van der Waals surface area contributed by atoms with E-state index in [-0.39, 0.29) is 0 Å². The van der Waals surface area contributed by atoms with Crippen LogP contribution in [0.5, 0.6) is 0 Å². The van der Waals surface area contributed by atoms with E-state index in [1.807, 2.05) is 20.8 Å². The molecule has 0 aliphatic heterocycles. The van der Waals surface area contributed by atoms with E-state index >= 15 is 0 Å². The van der Waals surface area contributed by atoms with Crippen LogP contribution in [0.3, 0.4) is 0 Å². The first-order valence-corrected chi connectivity index (χ1v) is 8.77. The van der Waals surface area contributed by atoms with E-state index in [2.05, 4.69) is 17.9 Å². The normalized spacial score (nSPS) is 11.5. The largest absolute Gasteiger partial charge is 0.500 e. The summed E-state index contributed by atoms with van der Waals surface area (Å²) in [6.45, 7) is 8.49. The fourth-order valence-corrected chi connectivity index (χ4v) is 4.33. The molecule has 1 N–H and O–H groups in total. The molecule has 17 heavy (non-hydrogen) atoms. The van der Waals surface area contributed by atoms with Crippen molar-refractivity contribution in [2.45, 2.75) is 33.2 Å². The third-order valence-electron chi connectivity index (χ3n) is 2.03. The van der Waals surface area contributed by atoms with Crippen LogP contribution in [0.2, 0.25) is 6.04 Å². The Morgan fingerprint density at radius 2 is 1.59 bits per heavy atom. The van der Waals surface area contributed by atoms with Crippen molar-refractivity contribution in [2.24, 2.45) is 0 Å². The van der Waals surface area contributed by atoms with Gasteiger partial charge in [0.15, 0.2) is 0 Å². The van der Waals surface area contributed by atoms with Crippen molar-refractivity contribution in [2.75, 3.05) is 26.4 Å². The molecular formula is C10H23NO3S2Si. The van der Waals surface area contributed by atoms with Crippen LogP contribution < -0.4 is 5.32 Å². The molecule has 0 bridgehead atoms. The predicted molar refractivity (Wildman–Crippen MR) is 79.6 cm³/mol. The fourth-order valence-electron chi connectivity index (χ4n) is 1.50. The van der Waals surface area contributed by atoms with Gasteiger partial charge in [0.05, 0.1) is 0 Å². The minimum Gasteiger partial charge on any atom is -0.374 e. The average Bonchev–Trinajstić information content (AvgIpc) is 2.25. The third kappa shape index (κ3) is 8.12. The van der Waals surface area contributed by atoms with Crippen molar-refractivity contribution >= 4 is 38.0 Å². The van der Waals surface area contributed by atoms with Crippen molar-refractivity contribution in [3.8, 4) is 0 Å². The van der Waals surface area contributed by atoms with Crippen LogP contribution in [-0.4, -0.2) is 39.5 Å². The second-order valence-electron chi connectivity index (χ2n) is 3.32. The van der Waals surface area contributed by atoms with Gasteiger partial charge in [-0.2, -0.15) is 0 Å². The molecule has 0 aromatic carbocycles. The summed E-state index contributed by atoms with van der Waals surface area (Å²) in [6.07, 6.45) is 0.896. The third-order valence-corrected chi connectivity index (χ3v) is 5.48. The lowest BCUT2D eigenvalue weighted by atomic mass is 10.5. The number of rotatable bonds is 10. The van der Waals surface area contributed by atoms with Gasteiger partial charge in [0, 0.05) is 32.4 Å². The molecule has 7 heteroatoms. The van der Waals surface area contributed by atoms with Gasteiger partial charge < -0.3 is 18.6 Å². The molecule has 0 rings (SSSR count). The van der Waals surface area contributed by atoms with Crippen LogP contribution in [0.4, 0.5) is 0 Å². The van der Waals surface area contributed by atoms with Crippen molar-refractivity contribution in [1.29, 1.82) is 0 Å². The summed E-state index contributed by atoms with van der Waals surface area (Å²) >= 11 is 8.83. The summed E-state index contributed by atoms with van der Waals surface area (Å²) < 4.78 is 17.7. The van der Waals surface area contributed by atoms with E-state index < -0.39 is 8.80 Å². The van der Waals surface area contributed by atoms with Crippen LogP contribution in [0.15, 0.2) is 0 Å². The first-order valence-electron chi connectivity index (χ1n) is 5.98. The topological polar surface area (TPSA) is 39.7 Å². The first-order chi connectivity index (χ1) is 8.10. The summed E-state index contributed by atoms with van der Waals surface area (Å²) in [7, 11) is -2.48. The van der Waals surface area contributed by atoms with Gasteiger partial charge >= 0.3 is 8.80 Å². The lowest BCUT2D eigenvalue weighted by Gasteiger charge is -2.28. The Bertz CT molecular complexity index is 203. The van der Waals surface area contributed by atoms with Crippen molar-refractivity contribution in [3.05, 3.63) is 0 Å². The molecule has 0 unspecified atom stereocenters. The summed E-state index contributed by atoms with van der Waals surface area (Å²) in [5, 5.41) is 3.00. The quantitative estimate of drug-likeness (QED) is 0.280. The van der Waals surface area contributed by atoms with E-state index in [1.54, 1.807) is 0 Å². The van der Waals surface area contributed by atoms with Crippen molar-refractivity contribution in [1.82, 2.24) is 5.32 Å². The van der Waals surface area contributed by atoms with Crippen LogP contribution in [0.1, 0.15) is 27.2 Å². The Labute approximate surface area is 116 Å². The van der Waals surface area contributed by atoms with Crippen LogP contribution in [0, 0.1) is 0 Å². The predicted octanol–water partition coefficient (Wildman–Crippen LogP) is 2.23. The minimum atomic E-state index is -2.48. The molecule has 0 heterocycles. The van der Waals surface area contributed by atoms with Crippen molar-refractivity contribution in [3.63, 3.8) is 0 Å². The summed E-state index contributed by atoms with van der Waals surface area (Å²) in [5.41, 5.74) is 0. The molecule has 0 radical (unpaired) electrons. The van der Waals surface area contributed by atoms with E-state index in [0.29, 0.717) is 24.1 Å². The number of thiol groups is 1. The highest BCUT2D eigenvalue weighted by Crippen LogP contribution is 2.17. The molecule has 0 amide bonds. The summed E-state index contributed by atoms with van der Waals surface area (Å²) in [6, 6.07) is 0.798. The maximum atomic E-state index is 5.73. The molecule has 0 aromatic heterocycles. The van der Waals surface area contributed by atoms with E-state index in [4.69, 9.17) is 25.5 Å². The Kier molecular flexibility index (Phi) is 10.5. The van der Waals surface area contributed by atoms with Gasteiger partial charge in [-0.3, -0.25) is 0 Å². The van der Waals surface area contributed by atoms with Gasteiger partial charge in [-0.15, -0.1) is 12.6 Å². The van der Waals surface area contributed by atoms with Crippen molar-refractivity contribution < 1.29 is 13.3 Å². The molecule has 0 aromatic rings. The van der Waals surface area contributed by atoms with Gasteiger partial charge in [0.25, 0.3) is 0 Å². The van der Waals surface area contributed by atoms with Crippen LogP contribution >= 0.6 is 24.8 Å². The maximum absolute atomic E-state index is 5.73. The highest BCUT2D eigenvalue weighted by atomic mass is 32.1. The molecule has 0 fully saturated rings. The SMILES string of the molecule is CCO[Si](CCCNC(=S)S)(OCC)OCC. The highest BCUT2D eigenvalue weighted by molar-refractivity contribution is 8.11. The van der Waals surface area contributed by atoms with Crippen LogP contribution in [0.25, 0.3) is 0 Å². The standard InChI is InChI=1S/C10H23NO3S2Si/c1-4-12-17(13-5-2,14-6-3)9-7-8-11-10(15)16/h4-9H2,1-3H3,(H2,11,15,16). The molecule has 0 aliphatic carbocycles. The molecule has 102 valence electrons.